The molecule has 1 heterocycles. The van der Waals surface area contributed by atoms with E-state index in [1.165, 1.54) is 12.9 Å². The highest BCUT2D eigenvalue weighted by Gasteiger charge is 2.22. The van der Waals surface area contributed by atoms with Gasteiger partial charge in [0.25, 0.3) is 11.6 Å². The van der Waals surface area contributed by atoms with Crippen LogP contribution in [0.4, 0.5) is 5.69 Å². The Hall–Kier alpha value is -2.03. The summed E-state index contributed by atoms with van der Waals surface area (Å²) in [5.74, 6) is 1.66. The van der Waals surface area contributed by atoms with Crippen molar-refractivity contribution in [1.29, 1.82) is 0 Å². The number of hydrogen-bond acceptors (Lipinski definition) is 5. The second kappa shape index (κ2) is 6.05. The van der Waals surface area contributed by atoms with E-state index in [1.54, 1.807) is 0 Å². The van der Waals surface area contributed by atoms with Crippen molar-refractivity contribution in [2.75, 3.05) is 13.2 Å². The molecule has 1 rings (SSSR count). The molecule has 0 radical (unpaired) electrons. The van der Waals surface area contributed by atoms with E-state index >= 15 is 0 Å². The van der Waals surface area contributed by atoms with Crippen LogP contribution in [0, 0.1) is 22.5 Å². The van der Waals surface area contributed by atoms with Crippen LogP contribution in [0.2, 0.25) is 0 Å². The van der Waals surface area contributed by atoms with Gasteiger partial charge in [0.15, 0.2) is 5.44 Å². The third-order valence-corrected chi connectivity index (χ3v) is 2.92. The maximum Gasteiger partial charge on any atom is 0.298 e. The summed E-state index contributed by atoms with van der Waals surface area (Å²) in [5.41, 5.74) is -0.375. The molecule has 1 atom stereocenters. The smallest absolute Gasteiger partial charge is 0.298 e. The van der Waals surface area contributed by atoms with Crippen molar-refractivity contribution in [2.45, 2.75) is 0 Å². The first-order valence-electron chi connectivity index (χ1n) is 4.76. The lowest BCUT2D eigenvalue weighted by Crippen LogP contribution is -2.25. The van der Waals surface area contributed by atoms with Crippen molar-refractivity contribution >= 4 is 25.2 Å². The van der Waals surface area contributed by atoms with Crippen molar-refractivity contribution in [3.63, 3.8) is 0 Å². The number of rotatable bonds is 4. The number of nitrogens with one attached hydrogen (secondary N) is 1. The van der Waals surface area contributed by atoms with Crippen molar-refractivity contribution in [2.24, 2.45) is 0 Å². The fourth-order valence-corrected chi connectivity index (χ4v) is 1.89. The van der Waals surface area contributed by atoms with Gasteiger partial charge in [0.2, 0.25) is 0 Å². The summed E-state index contributed by atoms with van der Waals surface area (Å²) in [6.45, 7) is 1.44. The highest BCUT2D eigenvalue weighted by atomic mass is 31.1. The Morgan fingerprint density at radius 1 is 1.78 bits per heavy atom. The first-order chi connectivity index (χ1) is 8.47. The van der Waals surface area contributed by atoms with Gasteiger partial charge in [0.1, 0.15) is 0 Å². The maximum atomic E-state index is 11.5. The van der Waals surface area contributed by atoms with Gasteiger partial charge in [-0.3, -0.25) is 14.9 Å². The van der Waals surface area contributed by atoms with Gasteiger partial charge in [0.05, 0.1) is 25.2 Å². The monoisotopic (exact) mass is 267 g/mol. The van der Waals surface area contributed by atoms with Crippen LogP contribution >= 0.6 is 8.15 Å². The average molecular weight is 267 g/mol. The molecule has 0 aromatic carbocycles. The van der Waals surface area contributed by atoms with Crippen molar-refractivity contribution < 1.29 is 14.6 Å². The summed E-state index contributed by atoms with van der Waals surface area (Å²) in [5, 5.41) is 13.2. The summed E-state index contributed by atoms with van der Waals surface area (Å²) < 4.78 is 0. The van der Waals surface area contributed by atoms with Crippen LogP contribution in [0.1, 0.15) is 10.4 Å². The van der Waals surface area contributed by atoms with Crippen LogP contribution in [0.25, 0.3) is 0 Å². The molecule has 1 aromatic heterocycles. The number of nitro groups is 1. The molecular weight excluding hydrogens is 257 g/mol. The number of nitrogens with zero attached hydrogens (tertiary/aromatic N) is 2. The molecular formula is C10H10N3O4P. The minimum Gasteiger partial charge on any atom is -0.367 e. The van der Waals surface area contributed by atoms with Gasteiger partial charge in [0, 0.05) is 12.3 Å². The lowest BCUT2D eigenvalue weighted by atomic mass is 10.2. The van der Waals surface area contributed by atoms with E-state index in [0.29, 0.717) is 0 Å². The van der Waals surface area contributed by atoms with E-state index in [0.717, 1.165) is 6.07 Å². The Bertz CT molecular complexity index is 524. The van der Waals surface area contributed by atoms with E-state index in [-0.39, 0.29) is 23.2 Å². The lowest BCUT2D eigenvalue weighted by Gasteiger charge is -2.06. The maximum absolute atomic E-state index is 11.5. The Morgan fingerprint density at radius 2 is 2.44 bits per heavy atom. The van der Waals surface area contributed by atoms with E-state index < -0.39 is 19.0 Å². The zero-order chi connectivity index (χ0) is 13.7. The SMILES string of the molecule is C#CCNC(=O)c1cnc(P(C)O)c([N+](=O)[O-])c1. The van der Waals surface area contributed by atoms with Gasteiger partial charge in [-0.25, -0.2) is 4.98 Å². The van der Waals surface area contributed by atoms with Crippen LogP contribution in [0.5, 0.6) is 0 Å². The first-order valence-corrected chi connectivity index (χ1v) is 6.50. The molecule has 0 bridgehead atoms. The average Bonchev–Trinajstić information content (AvgIpc) is 2.34. The van der Waals surface area contributed by atoms with Crippen LogP contribution in [-0.4, -0.2) is 33.9 Å². The lowest BCUT2D eigenvalue weighted by molar-refractivity contribution is -0.383. The molecule has 0 saturated heterocycles. The largest absolute Gasteiger partial charge is 0.367 e. The summed E-state index contributed by atoms with van der Waals surface area (Å²) in [6.07, 6.45) is 6.15. The number of amides is 1. The quantitative estimate of drug-likeness (QED) is 0.345. The number of aromatic nitrogens is 1. The summed E-state index contributed by atoms with van der Waals surface area (Å²) >= 11 is 0. The molecule has 0 spiro atoms. The minimum atomic E-state index is -1.71. The van der Waals surface area contributed by atoms with Crippen LogP contribution in [0.3, 0.4) is 0 Å². The molecule has 1 unspecified atom stereocenters. The number of carbonyl (C=O) groups excluding carboxylic acids is 1. The molecule has 2 N–H and O–H groups in total. The molecule has 94 valence electrons. The Balaban J connectivity index is 3.12. The Kier molecular flexibility index (Phi) is 4.72. The van der Waals surface area contributed by atoms with Gasteiger partial charge in [-0.15, -0.1) is 6.42 Å². The highest BCUT2D eigenvalue weighted by molar-refractivity contribution is 7.59. The summed E-state index contributed by atoms with van der Waals surface area (Å²) in [7, 11) is -1.71. The summed E-state index contributed by atoms with van der Waals surface area (Å²) in [6, 6.07) is 1.07. The third-order valence-electron chi connectivity index (χ3n) is 1.96. The van der Waals surface area contributed by atoms with Gasteiger partial charge in [-0.05, 0) is 6.66 Å². The molecule has 0 aliphatic carbocycles. The van der Waals surface area contributed by atoms with Crippen molar-refractivity contribution in [1.82, 2.24) is 10.3 Å². The van der Waals surface area contributed by atoms with Crippen molar-refractivity contribution in [3.05, 3.63) is 27.9 Å². The second-order valence-corrected chi connectivity index (χ2v) is 4.71. The number of hydrogen-bond donors (Lipinski definition) is 2. The molecule has 18 heavy (non-hydrogen) atoms. The van der Waals surface area contributed by atoms with Crippen molar-refractivity contribution in [3.8, 4) is 12.3 Å². The minimum absolute atomic E-state index is 0.0227. The number of carbonyl (C=O) groups is 1. The Morgan fingerprint density at radius 3 is 2.94 bits per heavy atom. The highest BCUT2D eigenvalue weighted by Crippen LogP contribution is 2.27. The zero-order valence-electron chi connectivity index (χ0n) is 9.45. The predicted octanol–water partition coefficient (Wildman–Crippen LogP) is -0.00290. The van der Waals surface area contributed by atoms with E-state index in [1.807, 2.05) is 0 Å². The summed E-state index contributed by atoms with van der Waals surface area (Å²) in [4.78, 5) is 34.8. The van der Waals surface area contributed by atoms with E-state index in [2.05, 4.69) is 16.2 Å². The van der Waals surface area contributed by atoms with Gasteiger partial charge in [-0.1, -0.05) is 5.92 Å². The molecule has 7 nitrogen and oxygen atoms in total. The molecule has 0 aliphatic heterocycles. The number of terminal acetylenes is 1. The molecule has 1 amide bonds. The van der Waals surface area contributed by atoms with Crippen LogP contribution < -0.4 is 10.8 Å². The predicted molar refractivity (Wildman–Crippen MR) is 66.8 cm³/mol. The molecule has 8 heteroatoms. The zero-order valence-corrected chi connectivity index (χ0v) is 10.3. The molecule has 0 saturated carbocycles. The fourth-order valence-electron chi connectivity index (χ4n) is 1.19. The Labute approximate surface area is 104 Å². The van der Waals surface area contributed by atoms with Gasteiger partial charge >= 0.3 is 0 Å². The van der Waals surface area contributed by atoms with E-state index in [4.69, 9.17) is 6.42 Å². The third kappa shape index (κ3) is 3.23. The fraction of sp³-hybridized carbons (Fsp3) is 0.200. The van der Waals surface area contributed by atoms with Gasteiger partial charge in [-0.2, -0.15) is 0 Å². The normalized spacial score (nSPS) is 11.4. The second-order valence-electron chi connectivity index (χ2n) is 3.23. The van der Waals surface area contributed by atoms with Crippen LogP contribution in [-0.2, 0) is 0 Å². The molecule has 0 aliphatic rings. The number of pyridine rings is 1. The molecule has 0 fully saturated rings. The van der Waals surface area contributed by atoms with E-state index in [9.17, 15) is 19.8 Å². The standard InChI is InChI=1S/C10H10N3O4P/c1-3-4-11-9(14)7-5-8(13(15)16)10(12-6-7)18(2)17/h1,5-6,17H,4H2,2H3,(H,11,14). The van der Waals surface area contributed by atoms with Gasteiger partial charge < -0.3 is 10.2 Å². The first kappa shape index (κ1) is 14.0. The van der Waals surface area contributed by atoms with Crippen LogP contribution in [0.15, 0.2) is 12.3 Å². The topological polar surface area (TPSA) is 105 Å². The molecule has 1 aromatic rings.